The van der Waals surface area contributed by atoms with Crippen LogP contribution in [0.3, 0.4) is 0 Å². The molecule has 100 valence electrons. The quantitative estimate of drug-likeness (QED) is 0.819. The lowest BCUT2D eigenvalue weighted by molar-refractivity contribution is -0.144. The number of hydrogen-bond acceptors (Lipinski definition) is 2. The smallest absolute Gasteiger partial charge is 0.315 e. The molecule has 0 aliphatic heterocycles. The van der Waals surface area contributed by atoms with Crippen LogP contribution in [0.2, 0.25) is 0 Å². The minimum absolute atomic E-state index is 0.0293. The molecule has 0 heterocycles. The molecule has 0 saturated heterocycles. The molecular weight excluding hydrogens is 233 g/mol. The molecule has 1 atom stereocenters. The Bertz CT molecular complexity index is 420. The largest absolute Gasteiger partial charge is 0.481 e. The van der Waals surface area contributed by atoms with E-state index in [1.54, 1.807) is 6.07 Å². The number of benzene rings is 1. The average Bonchev–Trinajstić information content (AvgIpc) is 2.29. The van der Waals surface area contributed by atoms with Crippen molar-refractivity contribution in [3.05, 3.63) is 35.6 Å². The summed E-state index contributed by atoms with van der Waals surface area (Å²) in [6.45, 7) is 4.02. The van der Waals surface area contributed by atoms with E-state index in [0.717, 1.165) is 6.42 Å². The Morgan fingerprint density at radius 3 is 2.61 bits per heavy atom. The van der Waals surface area contributed by atoms with Crippen LogP contribution >= 0.6 is 0 Å². The predicted molar refractivity (Wildman–Crippen MR) is 68.8 cm³/mol. The maximum Gasteiger partial charge on any atom is 0.315 e. The van der Waals surface area contributed by atoms with Gasteiger partial charge >= 0.3 is 5.97 Å². The zero-order valence-corrected chi connectivity index (χ0v) is 10.8. The van der Waals surface area contributed by atoms with Crippen LogP contribution < -0.4 is 5.73 Å². The van der Waals surface area contributed by atoms with E-state index < -0.39 is 17.2 Å². The topological polar surface area (TPSA) is 63.3 Å². The number of rotatable bonds is 6. The van der Waals surface area contributed by atoms with Crippen molar-refractivity contribution >= 4 is 5.97 Å². The number of carbonyl (C=O) groups is 1. The molecule has 1 aromatic rings. The lowest BCUT2D eigenvalue weighted by Gasteiger charge is -2.29. The van der Waals surface area contributed by atoms with Gasteiger partial charge in [0.15, 0.2) is 0 Å². The highest BCUT2D eigenvalue weighted by atomic mass is 19.1. The molecule has 1 rings (SSSR count). The fourth-order valence-electron chi connectivity index (χ4n) is 2.00. The molecule has 0 aliphatic rings. The molecular formula is C14H20FNO2. The van der Waals surface area contributed by atoms with Crippen molar-refractivity contribution in [2.24, 2.45) is 11.7 Å². The van der Waals surface area contributed by atoms with Gasteiger partial charge in [-0.25, -0.2) is 4.39 Å². The van der Waals surface area contributed by atoms with Gasteiger partial charge in [-0.2, -0.15) is 0 Å². The van der Waals surface area contributed by atoms with Crippen LogP contribution in [0.5, 0.6) is 0 Å². The summed E-state index contributed by atoms with van der Waals surface area (Å²) < 4.78 is 13.3. The third-order valence-electron chi connectivity index (χ3n) is 3.28. The van der Waals surface area contributed by atoms with Crippen LogP contribution in [-0.2, 0) is 10.2 Å². The third-order valence-corrected chi connectivity index (χ3v) is 3.28. The minimum Gasteiger partial charge on any atom is -0.481 e. The summed E-state index contributed by atoms with van der Waals surface area (Å²) in [4.78, 5) is 11.6. The van der Waals surface area contributed by atoms with E-state index in [-0.39, 0.29) is 6.54 Å². The van der Waals surface area contributed by atoms with E-state index in [9.17, 15) is 14.3 Å². The van der Waals surface area contributed by atoms with E-state index in [0.29, 0.717) is 17.9 Å². The second kappa shape index (κ2) is 5.96. The van der Waals surface area contributed by atoms with Crippen molar-refractivity contribution < 1.29 is 14.3 Å². The Hall–Kier alpha value is -1.42. The molecule has 0 saturated carbocycles. The molecule has 4 heteroatoms. The monoisotopic (exact) mass is 253 g/mol. The van der Waals surface area contributed by atoms with Crippen LogP contribution in [0, 0.1) is 11.7 Å². The van der Waals surface area contributed by atoms with Gasteiger partial charge < -0.3 is 10.8 Å². The summed E-state index contributed by atoms with van der Waals surface area (Å²) >= 11 is 0. The number of halogens is 1. The highest BCUT2D eigenvalue weighted by Crippen LogP contribution is 2.31. The molecule has 18 heavy (non-hydrogen) atoms. The highest BCUT2D eigenvalue weighted by Gasteiger charge is 2.39. The Kier molecular flexibility index (Phi) is 4.84. The fraction of sp³-hybridized carbons (Fsp3) is 0.500. The molecule has 0 aliphatic carbocycles. The minimum atomic E-state index is -1.19. The third kappa shape index (κ3) is 3.07. The van der Waals surface area contributed by atoms with Crippen LogP contribution in [0.1, 0.15) is 32.3 Å². The van der Waals surface area contributed by atoms with Gasteiger partial charge in [0.1, 0.15) is 11.2 Å². The summed E-state index contributed by atoms with van der Waals surface area (Å²) in [5, 5.41) is 9.48. The first-order valence-corrected chi connectivity index (χ1v) is 6.12. The van der Waals surface area contributed by atoms with Gasteiger partial charge in [-0.05, 0) is 36.5 Å². The molecule has 1 unspecified atom stereocenters. The molecule has 0 fully saturated rings. The van der Waals surface area contributed by atoms with E-state index in [2.05, 4.69) is 0 Å². The molecule has 0 bridgehead atoms. The molecule has 0 amide bonds. The Morgan fingerprint density at radius 1 is 1.50 bits per heavy atom. The molecule has 0 radical (unpaired) electrons. The molecule has 3 N–H and O–H groups in total. The van der Waals surface area contributed by atoms with Gasteiger partial charge in [0.25, 0.3) is 0 Å². The second-order valence-corrected chi connectivity index (χ2v) is 5.03. The van der Waals surface area contributed by atoms with Crippen molar-refractivity contribution in [3.63, 3.8) is 0 Å². The zero-order chi connectivity index (χ0) is 13.8. The first-order valence-electron chi connectivity index (χ1n) is 6.12. The Morgan fingerprint density at radius 2 is 2.17 bits per heavy atom. The molecule has 1 aromatic carbocycles. The molecule has 3 nitrogen and oxygen atoms in total. The summed E-state index contributed by atoms with van der Waals surface area (Å²) in [5.74, 6) is -1.05. The summed E-state index contributed by atoms with van der Waals surface area (Å²) in [7, 11) is 0. The van der Waals surface area contributed by atoms with Gasteiger partial charge in [0, 0.05) is 6.54 Å². The van der Waals surface area contributed by atoms with Crippen molar-refractivity contribution in [2.75, 3.05) is 6.54 Å². The van der Waals surface area contributed by atoms with Gasteiger partial charge in [-0.1, -0.05) is 26.0 Å². The standard InChI is InChI=1S/C14H20FNO2/c1-10(2)6-7-14(9-16,13(17)18)11-4-3-5-12(15)8-11/h3-5,8,10H,6-7,9,16H2,1-2H3,(H,17,18). The lowest BCUT2D eigenvalue weighted by Crippen LogP contribution is -2.43. The normalized spacial score (nSPS) is 14.5. The SMILES string of the molecule is CC(C)CCC(CN)(C(=O)O)c1cccc(F)c1. The maximum absolute atomic E-state index is 13.3. The van der Waals surface area contributed by atoms with Crippen LogP contribution in [0.4, 0.5) is 4.39 Å². The van der Waals surface area contributed by atoms with Gasteiger partial charge in [-0.15, -0.1) is 0 Å². The van der Waals surface area contributed by atoms with Gasteiger partial charge in [0.2, 0.25) is 0 Å². The van der Waals surface area contributed by atoms with E-state index in [1.165, 1.54) is 18.2 Å². The average molecular weight is 253 g/mol. The molecule has 0 aromatic heterocycles. The first kappa shape index (κ1) is 14.6. The van der Waals surface area contributed by atoms with Gasteiger partial charge in [-0.3, -0.25) is 4.79 Å². The lowest BCUT2D eigenvalue weighted by atomic mass is 9.75. The number of nitrogens with two attached hydrogens (primary N) is 1. The summed E-state index contributed by atoms with van der Waals surface area (Å²) in [6, 6.07) is 5.72. The van der Waals surface area contributed by atoms with E-state index in [4.69, 9.17) is 5.73 Å². The van der Waals surface area contributed by atoms with Gasteiger partial charge in [0.05, 0.1) is 0 Å². The maximum atomic E-state index is 13.3. The second-order valence-electron chi connectivity index (χ2n) is 5.03. The Labute approximate surface area is 107 Å². The van der Waals surface area contributed by atoms with Crippen molar-refractivity contribution in [3.8, 4) is 0 Å². The number of carboxylic acids is 1. The highest BCUT2D eigenvalue weighted by molar-refractivity contribution is 5.81. The predicted octanol–water partition coefficient (Wildman–Crippen LogP) is 2.54. The fourth-order valence-corrected chi connectivity index (χ4v) is 2.00. The van der Waals surface area contributed by atoms with E-state index in [1.807, 2.05) is 13.8 Å². The number of hydrogen-bond donors (Lipinski definition) is 2. The van der Waals surface area contributed by atoms with Crippen LogP contribution in [0.25, 0.3) is 0 Å². The van der Waals surface area contributed by atoms with E-state index >= 15 is 0 Å². The van der Waals surface area contributed by atoms with Crippen molar-refractivity contribution in [1.82, 2.24) is 0 Å². The number of carboxylic acid groups (broad SMARTS) is 1. The van der Waals surface area contributed by atoms with Crippen LogP contribution in [0.15, 0.2) is 24.3 Å². The zero-order valence-electron chi connectivity index (χ0n) is 10.8. The van der Waals surface area contributed by atoms with Crippen LogP contribution in [-0.4, -0.2) is 17.6 Å². The van der Waals surface area contributed by atoms with Crippen molar-refractivity contribution in [2.45, 2.75) is 32.1 Å². The number of aliphatic carboxylic acids is 1. The first-order chi connectivity index (χ1) is 8.42. The van der Waals surface area contributed by atoms with Crippen molar-refractivity contribution in [1.29, 1.82) is 0 Å². The Balaban J connectivity index is 3.14. The molecule has 0 spiro atoms. The summed E-state index contributed by atoms with van der Waals surface area (Å²) in [6.07, 6.45) is 1.15. The summed E-state index contributed by atoms with van der Waals surface area (Å²) in [5.41, 5.74) is 4.93.